The largest absolute Gasteiger partial charge is 0.352 e. The van der Waals surface area contributed by atoms with E-state index in [1.807, 2.05) is 6.92 Å². The highest BCUT2D eigenvalue weighted by molar-refractivity contribution is 5.81. The molecule has 0 saturated carbocycles. The lowest BCUT2D eigenvalue weighted by Gasteiger charge is -2.37. The standard InChI is InChI=1S/C17H35N3O/c1-7-13(2)19-16(21)14(3)20-10-8-9-15(12-20)11-18-17(4,5)6/h13-15,18H,7-12H2,1-6H3,(H,19,21). The van der Waals surface area contributed by atoms with E-state index in [4.69, 9.17) is 0 Å². The lowest BCUT2D eigenvalue weighted by atomic mass is 9.95. The molecular weight excluding hydrogens is 262 g/mol. The molecule has 124 valence electrons. The Morgan fingerprint density at radius 3 is 2.57 bits per heavy atom. The van der Waals surface area contributed by atoms with Crippen molar-refractivity contribution < 1.29 is 4.79 Å². The van der Waals surface area contributed by atoms with Gasteiger partial charge in [0.15, 0.2) is 0 Å². The fraction of sp³-hybridized carbons (Fsp3) is 0.941. The van der Waals surface area contributed by atoms with Gasteiger partial charge in [0.2, 0.25) is 5.91 Å². The Kier molecular flexibility index (Phi) is 7.14. The van der Waals surface area contributed by atoms with Crippen LogP contribution in [0.3, 0.4) is 0 Å². The van der Waals surface area contributed by atoms with E-state index in [1.165, 1.54) is 12.8 Å². The minimum absolute atomic E-state index is 0.0172. The first-order valence-corrected chi connectivity index (χ1v) is 8.52. The van der Waals surface area contributed by atoms with Gasteiger partial charge in [0, 0.05) is 18.1 Å². The van der Waals surface area contributed by atoms with Gasteiger partial charge in [0.25, 0.3) is 0 Å². The predicted molar refractivity (Wildman–Crippen MR) is 89.4 cm³/mol. The van der Waals surface area contributed by atoms with Gasteiger partial charge in [-0.15, -0.1) is 0 Å². The maximum atomic E-state index is 12.3. The summed E-state index contributed by atoms with van der Waals surface area (Å²) in [5.74, 6) is 0.825. The Bertz CT molecular complexity index is 324. The minimum atomic E-state index is -0.0172. The molecule has 0 radical (unpaired) electrons. The number of nitrogens with one attached hydrogen (secondary N) is 2. The Morgan fingerprint density at radius 1 is 1.33 bits per heavy atom. The number of amides is 1. The Hall–Kier alpha value is -0.610. The van der Waals surface area contributed by atoms with E-state index in [0.29, 0.717) is 5.92 Å². The molecule has 0 aromatic rings. The van der Waals surface area contributed by atoms with Crippen molar-refractivity contribution >= 4 is 5.91 Å². The number of nitrogens with zero attached hydrogens (tertiary/aromatic N) is 1. The van der Waals surface area contributed by atoms with Gasteiger partial charge in [0.1, 0.15) is 0 Å². The highest BCUT2D eigenvalue weighted by atomic mass is 16.2. The van der Waals surface area contributed by atoms with Gasteiger partial charge in [-0.05, 0) is 72.9 Å². The third-order valence-electron chi connectivity index (χ3n) is 4.40. The molecule has 0 bridgehead atoms. The molecule has 1 aliphatic heterocycles. The third kappa shape index (κ3) is 6.79. The third-order valence-corrected chi connectivity index (χ3v) is 4.40. The summed E-state index contributed by atoms with van der Waals surface area (Å²) in [6, 6.07) is 0.250. The van der Waals surface area contributed by atoms with Gasteiger partial charge < -0.3 is 10.6 Å². The van der Waals surface area contributed by atoms with Gasteiger partial charge in [-0.3, -0.25) is 9.69 Å². The smallest absolute Gasteiger partial charge is 0.237 e. The summed E-state index contributed by atoms with van der Waals surface area (Å²) in [5, 5.41) is 6.70. The fourth-order valence-electron chi connectivity index (χ4n) is 2.70. The molecule has 4 nitrogen and oxygen atoms in total. The molecular formula is C17H35N3O. The van der Waals surface area contributed by atoms with E-state index < -0.39 is 0 Å². The van der Waals surface area contributed by atoms with E-state index in [2.05, 4.69) is 50.2 Å². The van der Waals surface area contributed by atoms with Crippen LogP contribution >= 0.6 is 0 Å². The topological polar surface area (TPSA) is 44.4 Å². The number of piperidine rings is 1. The highest BCUT2D eigenvalue weighted by Gasteiger charge is 2.28. The Morgan fingerprint density at radius 2 is 2.00 bits per heavy atom. The maximum absolute atomic E-state index is 12.3. The van der Waals surface area contributed by atoms with Crippen LogP contribution in [0.2, 0.25) is 0 Å². The summed E-state index contributed by atoms with van der Waals surface area (Å²) in [6.07, 6.45) is 3.44. The van der Waals surface area contributed by atoms with Crippen LogP contribution in [0.15, 0.2) is 0 Å². The van der Waals surface area contributed by atoms with Gasteiger partial charge in [0.05, 0.1) is 6.04 Å². The average molecular weight is 297 g/mol. The zero-order valence-corrected chi connectivity index (χ0v) is 14.8. The van der Waals surface area contributed by atoms with Crippen molar-refractivity contribution in [3.05, 3.63) is 0 Å². The normalized spacial score (nSPS) is 23.6. The van der Waals surface area contributed by atoms with Crippen molar-refractivity contribution in [1.82, 2.24) is 15.5 Å². The Labute approximate surface area is 131 Å². The van der Waals surface area contributed by atoms with E-state index in [-0.39, 0.29) is 23.5 Å². The number of rotatable bonds is 6. The molecule has 1 aliphatic rings. The van der Waals surface area contributed by atoms with Crippen LogP contribution < -0.4 is 10.6 Å². The second kappa shape index (κ2) is 8.14. The van der Waals surface area contributed by atoms with Gasteiger partial charge in [-0.2, -0.15) is 0 Å². The number of hydrogen-bond acceptors (Lipinski definition) is 3. The van der Waals surface area contributed by atoms with E-state index in [1.54, 1.807) is 0 Å². The molecule has 1 heterocycles. The SMILES string of the molecule is CCC(C)NC(=O)C(C)N1CCCC(CNC(C)(C)C)C1. The van der Waals surface area contributed by atoms with E-state index in [9.17, 15) is 4.79 Å². The molecule has 0 aliphatic carbocycles. The van der Waals surface area contributed by atoms with Crippen LogP contribution in [0.1, 0.15) is 60.8 Å². The number of carbonyl (C=O) groups is 1. The monoisotopic (exact) mass is 297 g/mol. The average Bonchev–Trinajstić information content (AvgIpc) is 2.43. The van der Waals surface area contributed by atoms with Crippen LogP contribution in [-0.2, 0) is 4.79 Å². The second-order valence-electron chi connectivity index (χ2n) is 7.63. The summed E-state index contributed by atoms with van der Waals surface area (Å²) < 4.78 is 0. The van der Waals surface area contributed by atoms with Crippen LogP contribution in [0, 0.1) is 5.92 Å². The van der Waals surface area contributed by atoms with Crippen molar-refractivity contribution in [3.63, 3.8) is 0 Å². The molecule has 2 N–H and O–H groups in total. The summed E-state index contributed by atoms with van der Waals surface area (Å²) in [7, 11) is 0. The lowest BCUT2D eigenvalue weighted by molar-refractivity contribution is -0.127. The number of carbonyl (C=O) groups excluding carboxylic acids is 1. The molecule has 1 amide bonds. The highest BCUT2D eigenvalue weighted by Crippen LogP contribution is 2.19. The Balaban J connectivity index is 2.45. The molecule has 4 heteroatoms. The molecule has 21 heavy (non-hydrogen) atoms. The van der Waals surface area contributed by atoms with Crippen molar-refractivity contribution in [2.45, 2.75) is 78.4 Å². The molecule has 1 rings (SSSR count). The molecule has 1 saturated heterocycles. The molecule has 3 atom stereocenters. The zero-order chi connectivity index (χ0) is 16.0. The van der Waals surface area contributed by atoms with Crippen molar-refractivity contribution in [2.75, 3.05) is 19.6 Å². The molecule has 0 spiro atoms. The first-order chi connectivity index (χ1) is 9.73. The number of likely N-dealkylation sites (tertiary alicyclic amines) is 1. The second-order valence-corrected chi connectivity index (χ2v) is 7.63. The summed E-state index contributed by atoms with van der Waals surface area (Å²) in [4.78, 5) is 14.6. The molecule has 0 aromatic heterocycles. The van der Waals surface area contributed by atoms with Crippen molar-refractivity contribution in [2.24, 2.45) is 5.92 Å². The lowest BCUT2D eigenvalue weighted by Crippen LogP contribution is -2.52. The van der Waals surface area contributed by atoms with Crippen LogP contribution in [-0.4, -0.2) is 48.1 Å². The van der Waals surface area contributed by atoms with E-state index in [0.717, 1.165) is 26.1 Å². The summed E-state index contributed by atoms with van der Waals surface area (Å²) in [5.41, 5.74) is 0.168. The zero-order valence-electron chi connectivity index (χ0n) is 14.8. The molecule has 3 unspecified atom stereocenters. The molecule has 0 aromatic carbocycles. The first-order valence-electron chi connectivity index (χ1n) is 8.52. The van der Waals surface area contributed by atoms with Gasteiger partial charge in [-0.25, -0.2) is 0 Å². The van der Waals surface area contributed by atoms with E-state index >= 15 is 0 Å². The van der Waals surface area contributed by atoms with Crippen LogP contribution in [0.25, 0.3) is 0 Å². The van der Waals surface area contributed by atoms with Gasteiger partial charge >= 0.3 is 0 Å². The molecule has 1 fully saturated rings. The summed E-state index contributed by atoms with van der Waals surface area (Å²) in [6.45, 7) is 15.9. The summed E-state index contributed by atoms with van der Waals surface area (Å²) >= 11 is 0. The quantitative estimate of drug-likeness (QED) is 0.791. The predicted octanol–water partition coefficient (Wildman–Crippen LogP) is 2.39. The van der Waals surface area contributed by atoms with Gasteiger partial charge in [-0.1, -0.05) is 6.92 Å². The fourth-order valence-corrected chi connectivity index (χ4v) is 2.70. The number of hydrogen-bond donors (Lipinski definition) is 2. The van der Waals surface area contributed by atoms with Crippen LogP contribution in [0.4, 0.5) is 0 Å². The van der Waals surface area contributed by atoms with Crippen molar-refractivity contribution in [3.8, 4) is 0 Å². The maximum Gasteiger partial charge on any atom is 0.237 e. The van der Waals surface area contributed by atoms with Crippen LogP contribution in [0.5, 0.6) is 0 Å². The minimum Gasteiger partial charge on any atom is -0.352 e. The van der Waals surface area contributed by atoms with Crippen molar-refractivity contribution in [1.29, 1.82) is 0 Å². The first kappa shape index (κ1) is 18.4.